The van der Waals surface area contributed by atoms with Crippen LogP contribution in [0, 0.1) is 17.1 Å². The maximum Gasteiger partial charge on any atom is 0.141 e. The zero-order valence-corrected chi connectivity index (χ0v) is 6.87. The van der Waals surface area contributed by atoms with Gasteiger partial charge in [0.1, 0.15) is 11.9 Å². The normalized spacial score (nSPS) is 12.2. The third-order valence-electron chi connectivity index (χ3n) is 1.75. The summed E-state index contributed by atoms with van der Waals surface area (Å²) in [4.78, 5) is 0. The van der Waals surface area contributed by atoms with E-state index >= 15 is 0 Å². The number of aliphatic hydroxyl groups is 1. The molecule has 0 saturated heterocycles. The monoisotopic (exact) mass is 180 g/mol. The lowest BCUT2D eigenvalue weighted by Crippen LogP contribution is -2.16. The number of benzene rings is 1. The fourth-order valence-electron chi connectivity index (χ4n) is 1.07. The maximum absolute atomic E-state index is 13.0. The van der Waals surface area contributed by atoms with Crippen LogP contribution in [0.2, 0.25) is 0 Å². The molecule has 0 bridgehead atoms. The molecule has 0 aliphatic carbocycles. The number of nitrogens with two attached hydrogens (primary N) is 1. The van der Waals surface area contributed by atoms with Crippen LogP contribution < -0.4 is 5.73 Å². The highest BCUT2D eigenvalue weighted by Crippen LogP contribution is 2.17. The van der Waals surface area contributed by atoms with E-state index in [4.69, 9.17) is 16.1 Å². The summed E-state index contributed by atoms with van der Waals surface area (Å²) in [5.41, 5.74) is 5.72. The molecule has 1 aromatic carbocycles. The third kappa shape index (κ3) is 1.83. The molecule has 0 unspecified atom stereocenters. The van der Waals surface area contributed by atoms with Gasteiger partial charge >= 0.3 is 0 Å². The molecule has 1 atom stereocenters. The lowest BCUT2D eigenvalue weighted by Gasteiger charge is -2.10. The summed E-state index contributed by atoms with van der Waals surface area (Å²) in [5, 5.41) is 17.4. The Kier molecular flexibility index (Phi) is 2.96. The summed E-state index contributed by atoms with van der Waals surface area (Å²) >= 11 is 0. The first-order valence-corrected chi connectivity index (χ1v) is 3.75. The second kappa shape index (κ2) is 3.99. The minimum atomic E-state index is -0.703. The van der Waals surface area contributed by atoms with Crippen LogP contribution in [0.5, 0.6) is 0 Å². The van der Waals surface area contributed by atoms with Crippen molar-refractivity contribution in [2.75, 3.05) is 6.61 Å². The van der Waals surface area contributed by atoms with Crippen molar-refractivity contribution in [2.24, 2.45) is 5.73 Å². The van der Waals surface area contributed by atoms with Gasteiger partial charge in [-0.25, -0.2) is 4.39 Å². The summed E-state index contributed by atoms with van der Waals surface area (Å²) in [5.74, 6) is -0.607. The van der Waals surface area contributed by atoms with Crippen LogP contribution in [0.4, 0.5) is 4.39 Å². The van der Waals surface area contributed by atoms with Gasteiger partial charge in [-0.15, -0.1) is 0 Å². The zero-order valence-electron chi connectivity index (χ0n) is 6.87. The van der Waals surface area contributed by atoms with Gasteiger partial charge in [-0.3, -0.25) is 0 Å². The Balaban J connectivity index is 3.22. The molecule has 1 aromatic rings. The molecule has 68 valence electrons. The Morgan fingerprint density at radius 3 is 2.85 bits per heavy atom. The molecule has 13 heavy (non-hydrogen) atoms. The number of hydrogen-bond acceptors (Lipinski definition) is 3. The van der Waals surface area contributed by atoms with E-state index in [2.05, 4.69) is 0 Å². The number of rotatable bonds is 2. The summed E-state index contributed by atoms with van der Waals surface area (Å²) in [6.07, 6.45) is 0. The summed E-state index contributed by atoms with van der Waals surface area (Å²) in [6.45, 7) is -0.307. The Hall–Kier alpha value is -1.44. The highest BCUT2D eigenvalue weighted by Gasteiger charge is 2.12. The number of aliphatic hydroxyl groups excluding tert-OH is 1. The minimum absolute atomic E-state index is 0.0935. The van der Waals surface area contributed by atoms with E-state index in [1.54, 1.807) is 6.07 Å². The van der Waals surface area contributed by atoms with E-state index in [0.717, 1.165) is 0 Å². The van der Waals surface area contributed by atoms with Crippen LogP contribution in [0.1, 0.15) is 17.2 Å². The first kappa shape index (κ1) is 9.65. The lowest BCUT2D eigenvalue weighted by atomic mass is 10.0. The molecule has 0 aliphatic heterocycles. The van der Waals surface area contributed by atoms with E-state index in [9.17, 15) is 4.39 Å². The third-order valence-corrected chi connectivity index (χ3v) is 1.75. The van der Waals surface area contributed by atoms with Crippen molar-refractivity contribution in [3.8, 4) is 6.07 Å². The quantitative estimate of drug-likeness (QED) is 0.703. The van der Waals surface area contributed by atoms with Gasteiger partial charge in [0, 0.05) is 0 Å². The number of nitriles is 1. The van der Waals surface area contributed by atoms with Crippen LogP contribution >= 0.6 is 0 Å². The average Bonchev–Trinajstić information content (AvgIpc) is 2.16. The molecule has 3 N–H and O–H groups in total. The second-order valence-electron chi connectivity index (χ2n) is 2.60. The summed E-state index contributed by atoms with van der Waals surface area (Å²) < 4.78 is 13.0. The van der Waals surface area contributed by atoms with Gasteiger partial charge < -0.3 is 10.8 Å². The number of hydrogen-bond donors (Lipinski definition) is 2. The highest BCUT2D eigenvalue weighted by molar-refractivity contribution is 5.40. The fourth-order valence-corrected chi connectivity index (χ4v) is 1.07. The number of halogens is 1. The highest BCUT2D eigenvalue weighted by atomic mass is 19.1. The first-order valence-electron chi connectivity index (χ1n) is 3.75. The van der Waals surface area contributed by atoms with Crippen LogP contribution in [-0.4, -0.2) is 11.7 Å². The van der Waals surface area contributed by atoms with Gasteiger partial charge in [0.05, 0.1) is 18.2 Å². The van der Waals surface area contributed by atoms with Crippen LogP contribution in [-0.2, 0) is 0 Å². The fraction of sp³-hybridized carbons (Fsp3) is 0.222. The molecular weight excluding hydrogens is 171 g/mol. The Morgan fingerprint density at radius 2 is 2.31 bits per heavy atom. The standard InChI is InChI=1S/C9H9FN2O/c10-8-3-1-2-6(7(8)4-11)9(12)5-13/h1-3,9,13H,5,12H2/t9-/m0/s1. The molecule has 0 aliphatic rings. The molecule has 0 spiro atoms. The maximum atomic E-state index is 13.0. The Labute approximate surface area is 75.2 Å². The molecular formula is C9H9FN2O. The minimum Gasteiger partial charge on any atom is -0.394 e. The SMILES string of the molecule is N#Cc1c(F)cccc1[C@@H](N)CO. The largest absolute Gasteiger partial charge is 0.394 e. The smallest absolute Gasteiger partial charge is 0.141 e. The molecule has 0 aromatic heterocycles. The summed E-state index contributed by atoms with van der Waals surface area (Å²) in [6, 6.07) is 5.19. The van der Waals surface area contributed by atoms with Crippen molar-refractivity contribution in [1.29, 1.82) is 5.26 Å². The predicted octanol–water partition coefficient (Wildman–Crippen LogP) is 0.689. The van der Waals surface area contributed by atoms with Crippen molar-refractivity contribution in [2.45, 2.75) is 6.04 Å². The van der Waals surface area contributed by atoms with Gasteiger partial charge in [-0.2, -0.15) is 5.26 Å². The zero-order chi connectivity index (χ0) is 9.84. The second-order valence-corrected chi connectivity index (χ2v) is 2.60. The van der Waals surface area contributed by atoms with Crippen LogP contribution in [0.25, 0.3) is 0 Å². The molecule has 3 nitrogen and oxygen atoms in total. The van der Waals surface area contributed by atoms with Gasteiger partial charge in [-0.05, 0) is 11.6 Å². The van der Waals surface area contributed by atoms with E-state index in [0.29, 0.717) is 5.56 Å². The molecule has 0 heterocycles. The van der Waals surface area contributed by atoms with Crippen molar-refractivity contribution >= 4 is 0 Å². The van der Waals surface area contributed by atoms with Gasteiger partial charge in [0.25, 0.3) is 0 Å². The average molecular weight is 180 g/mol. The Morgan fingerprint density at radius 1 is 1.62 bits per heavy atom. The van der Waals surface area contributed by atoms with Crippen molar-refractivity contribution in [3.63, 3.8) is 0 Å². The molecule has 0 amide bonds. The van der Waals surface area contributed by atoms with E-state index in [-0.39, 0.29) is 12.2 Å². The summed E-state index contributed by atoms with van der Waals surface area (Å²) in [7, 11) is 0. The number of nitrogens with zero attached hydrogens (tertiary/aromatic N) is 1. The van der Waals surface area contributed by atoms with Crippen molar-refractivity contribution in [3.05, 3.63) is 35.1 Å². The van der Waals surface area contributed by atoms with E-state index < -0.39 is 11.9 Å². The molecule has 1 rings (SSSR count). The van der Waals surface area contributed by atoms with Gasteiger partial charge in [-0.1, -0.05) is 12.1 Å². The van der Waals surface area contributed by atoms with Crippen molar-refractivity contribution in [1.82, 2.24) is 0 Å². The van der Waals surface area contributed by atoms with E-state index in [1.807, 2.05) is 0 Å². The first-order chi connectivity index (χ1) is 6.20. The molecule has 0 fully saturated rings. The van der Waals surface area contributed by atoms with Gasteiger partial charge in [0.15, 0.2) is 0 Å². The predicted molar refractivity (Wildman–Crippen MR) is 45.1 cm³/mol. The van der Waals surface area contributed by atoms with Crippen molar-refractivity contribution < 1.29 is 9.50 Å². The van der Waals surface area contributed by atoms with Crippen LogP contribution in [0.15, 0.2) is 18.2 Å². The Bertz CT molecular complexity index is 346. The van der Waals surface area contributed by atoms with Gasteiger partial charge in [0.2, 0.25) is 0 Å². The molecule has 4 heteroatoms. The lowest BCUT2D eigenvalue weighted by molar-refractivity contribution is 0.267. The van der Waals surface area contributed by atoms with Crippen LogP contribution in [0.3, 0.4) is 0 Å². The molecule has 0 radical (unpaired) electrons. The topological polar surface area (TPSA) is 70.0 Å². The molecule has 0 saturated carbocycles. The van der Waals surface area contributed by atoms with E-state index in [1.165, 1.54) is 18.2 Å².